The van der Waals surface area contributed by atoms with Crippen LogP contribution in [0.15, 0.2) is 12.1 Å². The summed E-state index contributed by atoms with van der Waals surface area (Å²) >= 11 is 0. The average molecular weight is 272 g/mol. The van der Waals surface area contributed by atoms with Crippen molar-refractivity contribution in [3.05, 3.63) is 29.6 Å². The lowest BCUT2D eigenvalue weighted by Gasteiger charge is -2.32. The number of hydrogen-bond donors (Lipinski definition) is 1. The monoisotopic (exact) mass is 272 g/mol. The van der Waals surface area contributed by atoms with Crippen LogP contribution in [0.4, 0.5) is 18.9 Å². The van der Waals surface area contributed by atoms with Gasteiger partial charge in [0.05, 0.1) is 0 Å². The van der Waals surface area contributed by atoms with Crippen LogP contribution in [0.3, 0.4) is 0 Å². The molecule has 1 N–H and O–H groups in total. The highest BCUT2D eigenvalue weighted by molar-refractivity contribution is 5.45. The summed E-state index contributed by atoms with van der Waals surface area (Å²) in [5.41, 5.74) is 0.311. The lowest BCUT2D eigenvalue weighted by molar-refractivity contribution is 0.219. The van der Waals surface area contributed by atoms with Gasteiger partial charge in [0.1, 0.15) is 0 Å². The number of piperidine rings is 1. The Kier molecular flexibility index (Phi) is 4.69. The second-order valence-electron chi connectivity index (χ2n) is 5.01. The van der Waals surface area contributed by atoms with E-state index < -0.39 is 17.5 Å². The van der Waals surface area contributed by atoms with Crippen molar-refractivity contribution < 1.29 is 13.2 Å². The van der Waals surface area contributed by atoms with Crippen molar-refractivity contribution in [2.75, 3.05) is 25.0 Å². The highest BCUT2D eigenvalue weighted by Crippen LogP contribution is 2.21. The van der Waals surface area contributed by atoms with E-state index in [1.54, 1.807) is 0 Å². The van der Waals surface area contributed by atoms with Crippen molar-refractivity contribution >= 4 is 5.69 Å². The molecule has 0 spiro atoms. The highest BCUT2D eigenvalue weighted by Gasteiger charge is 2.19. The van der Waals surface area contributed by atoms with Gasteiger partial charge in [0.2, 0.25) is 0 Å². The molecule has 2 nitrogen and oxygen atoms in total. The van der Waals surface area contributed by atoms with Crippen LogP contribution in [0.1, 0.15) is 26.2 Å². The Morgan fingerprint density at radius 3 is 2.26 bits per heavy atom. The molecule has 1 aromatic rings. The van der Waals surface area contributed by atoms with Crippen LogP contribution in [0.2, 0.25) is 0 Å². The fourth-order valence-electron chi connectivity index (χ4n) is 2.49. The zero-order valence-corrected chi connectivity index (χ0v) is 11.1. The van der Waals surface area contributed by atoms with Crippen LogP contribution in [0.5, 0.6) is 0 Å². The summed E-state index contributed by atoms with van der Waals surface area (Å²) in [5.74, 6) is -3.71. The molecule has 0 bridgehead atoms. The van der Waals surface area contributed by atoms with E-state index in [2.05, 4.69) is 17.1 Å². The number of rotatable bonds is 4. The van der Waals surface area contributed by atoms with Gasteiger partial charge in [-0.1, -0.05) is 6.92 Å². The molecule has 1 fully saturated rings. The third-order valence-electron chi connectivity index (χ3n) is 3.48. The first kappa shape index (κ1) is 14.2. The lowest BCUT2D eigenvalue weighted by atomic mass is 10.0. The quantitative estimate of drug-likeness (QED) is 0.845. The first-order chi connectivity index (χ1) is 9.10. The summed E-state index contributed by atoms with van der Waals surface area (Å²) in [4.78, 5) is 2.38. The molecule has 0 aliphatic carbocycles. The minimum Gasteiger partial charge on any atom is -0.382 e. The predicted molar refractivity (Wildman–Crippen MR) is 69.7 cm³/mol. The average Bonchev–Trinajstić information content (AvgIpc) is 2.38. The van der Waals surface area contributed by atoms with Crippen molar-refractivity contribution in [1.82, 2.24) is 4.90 Å². The number of hydrogen-bond acceptors (Lipinski definition) is 2. The van der Waals surface area contributed by atoms with Gasteiger partial charge >= 0.3 is 0 Å². The van der Waals surface area contributed by atoms with Crippen LogP contribution in [-0.2, 0) is 0 Å². The Morgan fingerprint density at radius 2 is 1.74 bits per heavy atom. The van der Waals surface area contributed by atoms with Crippen molar-refractivity contribution in [2.45, 2.75) is 32.2 Å². The molecule has 0 unspecified atom stereocenters. The molecule has 0 radical (unpaired) electrons. The Labute approximate surface area is 111 Å². The van der Waals surface area contributed by atoms with E-state index in [0.717, 1.165) is 51.0 Å². The van der Waals surface area contributed by atoms with E-state index in [0.29, 0.717) is 5.69 Å². The third-order valence-corrected chi connectivity index (χ3v) is 3.48. The molecule has 106 valence electrons. The highest BCUT2D eigenvalue weighted by atomic mass is 19.2. The first-order valence-corrected chi connectivity index (χ1v) is 6.73. The summed E-state index contributed by atoms with van der Waals surface area (Å²) in [6, 6.07) is 2.21. The van der Waals surface area contributed by atoms with Crippen LogP contribution >= 0.6 is 0 Å². The van der Waals surface area contributed by atoms with E-state index >= 15 is 0 Å². The number of halogens is 3. The largest absolute Gasteiger partial charge is 0.382 e. The van der Waals surface area contributed by atoms with Gasteiger partial charge < -0.3 is 10.2 Å². The summed E-state index contributed by atoms with van der Waals surface area (Å²) in [6.45, 7) is 5.20. The molecular weight excluding hydrogens is 253 g/mol. The minimum absolute atomic E-state index is 0.192. The minimum atomic E-state index is -1.41. The molecule has 2 rings (SSSR count). The topological polar surface area (TPSA) is 15.3 Å². The number of anilines is 1. The Morgan fingerprint density at radius 1 is 1.16 bits per heavy atom. The summed E-state index contributed by atoms with van der Waals surface area (Å²) in [7, 11) is 0. The van der Waals surface area contributed by atoms with Crippen molar-refractivity contribution in [1.29, 1.82) is 0 Å². The Hall–Kier alpha value is -1.23. The Bertz CT molecular complexity index is 406. The van der Waals surface area contributed by atoms with Gasteiger partial charge in [0, 0.05) is 37.0 Å². The van der Waals surface area contributed by atoms with E-state index in [1.807, 2.05) is 0 Å². The maximum Gasteiger partial charge on any atom is 0.194 e. The predicted octanol–water partition coefficient (Wildman–Crippen LogP) is 3.39. The number of nitrogens with one attached hydrogen (secondary N) is 1. The van der Waals surface area contributed by atoms with Gasteiger partial charge in [0.25, 0.3) is 0 Å². The molecule has 1 aliphatic heterocycles. The number of benzene rings is 1. The van der Waals surface area contributed by atoms with E-state index in [9.17, 15) is 13.2 Å². The third kappa shape index (κ3) is 3.62. The molecule has 1 aliphatic rings. The molecule has 0 saturated carbocycles. The molecular formula is C14H19F3N2. The Balaban J connectivity index is 1.92. The van der Waals surface area contributed by atoms with Crippen molar-refractivity contribution in [3.8, 4) is 0 Å². The maximum atomic E-state index is 13.1. The first-order valence-electron chi connectivity index (χ1n) is 6.73. The van der Waals surface area contributed by atoms with Gasteiger partial charge in [-0.25, -0.2) is 13.2 Å². The fourth-order valence-corrected chi connectivity index (χ4v) is 2.49. The van der Waals surface area contributed by atoms with Crippen LogP contribution < -0.4 is 5.32 Å². The van der Waals surface area contributed by atoms with Crippen LogP contribution in [0, 0.1) is 17.5 Å². The summed E-state index contributed by atoms with van der Waals surface area (Å²) in [5, 5.41) is 3.08. The molecule has 1 aromatic carbocycles. The SMILES string of the molecule is CCCN1CCC(Nc2cc(F)c(F)c(F)c2)CC1. The summed E-state index contributed by atoms with van der Waals surface area (Å²) in [6.07, 6.45) is 2.99. The van der Waals surface area contributed by atoms with Crippen molar-refractivity contribution in [3.63, 3.8) is 0 Å². The fraction of sp³-hybridized carbons (Fsp3) is 0.571. The molecule has 0 aromatic heterocycles. The zero-order valence-electron chi connectivity index (χ0n) is 11.1. The van der Waals surface area contributed by atoms with Crippen molar-refractivity contribution in [2.24, 2.45) is 0 Å². The zero-order chi connectivity index (χ0) is 13.8. The van der Waals surface area contributed by atoms with E-state index in [1.165, 1.54) is 0 Å². The van der Waals surface area contributed by atoms with Gasteiger partial charge in [-0.2, -0.15) is 0 Å². The van der Waals surface area contributed by atoms with Gasteiger partial charge in [-0.3, -0.25) is 0 Å². The second-order valence-corrected chi connectivity index (χ2v) is 5.01. The molecule has 0 amide bonds. The smallest absolute Gasteiger partial charge is 0.194 e. The van der Waals surface area contributed by atoms with Gasteiger partial charge in [-0.15, -0.1) is 0 Å². The number of nitrogens with zero attached hydrogens (tertiary/aromatic N) is 1. The molecule has 19 heavy (non-hydrogen) atoms. The van der Waals surface area contributed by atoms with E-state index in [-0.39, 0.29) is 6.04 Å². The van der Waals surface area contributed by atoms with Crippen LogP contribution in [-0.4, -0.2) is 30.6 Å². The lowest BCUT2D eigenvalue weighted by Crippen LogP contribution is -2.39. The van der Waals surface area contributed by atoms with Gasteiger partial charge in [-0.05, 0) is 25.8 Å². The van der Waals surface area contributed by atoms with Crippen LogP contribution in [0.25, 0.3) is 0 Å². The standard InChI is InChI=1S/C14H19F3N2/c1-2-5-19-6-3-10(4-7-19)18-11-8-12(15)14(17)13(16)9-11/h8-10,18H,2-7H2,1H3. The van der Waals surface area contributed by atoms with Gasteiger partial charge in [0.15, 0.2) is 17.5 Å². The number of likely N-dealkylation sites (tertiary alicyclic amines) is 1. The normalized spacial score (nSPS) is 17.7. The molecule has 1 saturated heterocycles. The maximum absolute atomic E-state index is 13.1. The molecule has 1 heterocycles. The van der Waals surface area contributed by atoms with E-state index in [4.69, 9.17) is 0 Å². The summed E-state index contributed by atoms with van der Waals surface area (Å²) < 4.78 is 39.0. The molecule has 5 heteroatoms. The second kappa shape index (κ2) is 6.28. The molecule has 0 atom stereocenters.